The molecule has 0 saturated heterocycles. The van der Waals surface area contributed by atoms with Crippen LogP contribution in [0.2, 0.25) is 0 Å². The molecule has 0 N–H and O–H groups in total. The van der Waals surface area contributed by atoms with E-state index in [-0.39, 0.29) is 11.9 Å². The number of ether oxygens (including phenoxy) is 2. The lowest BCUT2D eigenvalue weighted by molar-refractivity contribution is -0.138. The fraction of sp³-hybridized carbons (Fsp3) is 0.586. The summed E-state index contributed by atoms with van der Waals surface area (Å²) in [4.78, 5) is 22.0. The van der Waals surface area contributed by atoms with Crippen molar-refractivity contribution in [2.75, 3.05) is 26.4 Å². The lowest BCUT2D eigenvalue weighted by Crippen LogP contribution is -2.14. The molecule has 0 amide bonds. The second-order valence-corrected chi connectivity index (χ2v) is 10.9. The maximum absolute atomic E-state index is 13.7. The van der Waals surface area contributed by atoms with Crippen molar-refractivity contribution in [1.29, 1.82) is 0 Å². The number of esters is 2. The van der Waals surface area contributed by atoms with E-state index in [1.165, 1.54) is 12.2 Å². The molecule has 0 unspecified atom stereocenters. The third kappa shape index (κ3) is 15.6. The quantitative estimate of drug-likeness (QED) is 0.0645. The predicted octanol–water partition coefficient (Wildman–Crippen LogP) is 6.99. The predicted molar refractivity (Wildman–Crippen MR) is 148 cm³/mol. The van der Waals surface area contributed by atoms with Crippen LogP contribution in [-0.4, -0.2) is 38.4 Å². The van der Waals surface area contributed by atoms with Crippen molar-refractivity contribution < 1.29 is 32.7 Å². The highest BCUT2D eigenvalue weighted by Crippen LogP contribution is 2.48. The van der Waals surface area contributed by atoms with Gasteiger partial charge in [0, 0.05) is 12.2 Å². The molecule has 0 aliphatic rings. The van der Waals surface area contributed by atoms with Crippen LogP contribution in [0.3, 0.4) is 0 Å². The zero-order valence-corrected chi connectivity index (χ0v) is 23.4. The van der Waals surface area contributed by atoms with Crippen LogP contribution in [0.15, 0.2) is 49.6 Å². The first kappa shape index (κ1) is 32.8. The maximum Gasteiger partial charge on any atom is 0.361 e. The average Bonchev–Trinajstić information content (AvgIpc) is 2.90. The third-order valence-electron chi connectivity index (χ3n) is 5.83. The summed E-state index contributed by atoms with van der Waals surface area (Å²) < 4.78 is 35.4. The van der Waals surface area contributed by atoms with Gasteiger partial charge >= 0.3 is 19.5 Å². The van der Waals surface area contributed by atoms with Gasteiger partial charge in [0.05, 0.1) is 31.7 Å². The van der Waals surface area contributed by atoms with Crippen molar-refractivity contribution in [3.05, 3.63) is 55.1 Å². The topological polar surface area (TPSA) is 88.1 Å². The van der Waals surface area contributed by atoms with E-state index >= 15 is 0 Å². The van der Waals surface area contributed by atoms with E-state index in [0.717, 1.165) is 82.6 Å². The Morgan fingerprint density at radius 1 is 0.676 bits per heavy atom. The summed E-state index contributed by atoms with van der Waals surface area (Å²) in [6, 6.07) is 7.53. The molecule has 0 bridgehead atoms. The molecule has 8 heteroatoms. The normalized spacial score (nSPS) is 11.2. The third-order valence-corrected chi connectivity index (χ3v) is 7.97. The van der Waals surface area contributed by atoms with Crippen LogP contribution in [0.25, 0.3) is 0 Å². The molecule has 0 saturated carbocycles. The standard InChI is InChI=1S/C29H45O7P/c1-4-28(30)33-22-16-10-6-8-12-18-24-35-37(32,27-21-15-14-20-26(27)3)36-25-19-13-9-7-11-17-23-34-29(31)5-2/h4-5,14-15,20-21H,1-2,6-13,16-19,22-25H2,3H3. The van der Waals surface area contributed by atoms with E-state index in [9.17, 15) is 14.2 Å². The number of carbonyl (C=O) groups excluding carboxylic acids is 2. The van der Waals surface area contributed by atoms with Crippen LogP contribution in [-0.2, 0) is 32.7 Å². The average molecular weight is 537 g/mol. The van der Waals surface area contributed by atoms with Gasteiger partial charge in [-0.15, -0.1) is 0 Å². The van der Waals surface area contributed by atoms with Crippen molar-refractivity contribution in [3.8, 4) is 0 Å². The highest BCUT2D eigenvalue weighted by Gasteiger charge is 2.29. The number of rotatable bonds is 23. The summed E-state index contributed by atoms with van der Waals surface area (Å²) in [5.41, 5.74) is 0.903. The van der Waals surface area contributed by atoms with Crippen LogP contribution < -0.4 is 5.30 Å². The number of hydrogen-bond donors (Lipinski definition) is 0. The molecule has 208 valence electrons. The van der Waals surface area contributed by atoms with Gasteiger partial charge in [-0.05, 0) is 44.2 Å². The van der Waals surface area contributed by atoms with E-state index < -0.39 is 7.60 Å². The first-order valence-electron chi connectivity index (χ1n) is 13.5. The fourth-order valence-corrected chi connectivity index (χ4v) is 5.57. The molecule has 1 aromatic carbocycles. The highest BCUT2D eigenvalue weighted by molar-refractivity contribution is 7.62. The van der Waals surface area contributed by atoms with Crippen molar-refractivity contribution >= 4 is 24.8 Å². The van der Waals surface area contributed by atoms with Crippen molar-refractivity contribution in [2.24, 2.45) is 0 Å². The molecule has 1 aromatic rings. The minimum absolute atomic E-state index is 0.377. The van der Waals surface area contributed by atoms with Crippen LogP contribution in [0.4, 0.5) is 0 Å². The van der Waals surface area contributed by atoms with Gasteiger partial charge in [0.2, 0.25) is 0 Å². The first-order valence-corrected chi connectivity index (χ1v) is 15.0. The van der Waals surface area contributed by atoms with Gasteiger partial charge in [-0.1, -0.05) is 82.7 Å². The Labute approximate surface area is 223 Å². The summed E-state index contributed by atoms with van der Waals surface area (Å²) in [6.45, 7) is 10.3. The van der Waals surface area contributed by atoms with Crippen molar-refractivity contribution in [3.63, 3.8) is 0 Å². The number of unbranched alkanes of at least 4 members (excludes halogenated alkanes) is 10. The zero-order chi connectivity index (χ0) is 27.2. The lowest BCUT2D eigenvalue weighted by atomic mass is 10.1. The van der Waals surface area contributed by atoms with Gasteiger partial charge in [0.15, 0.2) is 0 Å². The highest BCUT2D eigenvalue weighted by atomic mass is 31.2. The Morgan fingerprint density at radius 2 is 1.05 bits per heavy atom. The van der Waals surface area contributed by atoms with Gasteiger partial charge in [-0.3, -0.25) is 4.57 Å². The monoisotopic (exact) mass is 536 g/mol. The van der Waals surface area contributed by atoms with E-state index in [4.69, 9.17) is 18.5 Å². The summed E-state index contributed by atoms with van der Waals surface area (Å²) in [5.74, 6) is -0.753. The Hall–Kier alpha value is -2.21. The summed E-state index contributed by atoms with van der Waals surface area (Å²) >= 11 is 0. The zero-order valence-electron chi connectivity index (χ0n) is 22.5. The molecule has 1 rings (SSSR count). The van der Waals surface area contributed by atoms with E-state index in [0.29, 0.717) is 31.7 Å². The van der Waals surface area contributed by atoms with Crippen LogP contribution in [0.5, 0.6) is 0 Å². The van der Waals surface area contributed by atoms with Gasteiger partial charge in [0.1, 0.15) is 0 Å². The molecule has 0 aliphatic carbocycles. The molecular weight excluding hydrogens is 491 g/mol. The van der Waals surface area contributed by atoms with E-state index in [1.54, 1.807) is 0 Å². The SMILES string of the molecule is C=CC(=O)OCCCCCCCCOP(=O)(OCCCCCCCCOC(=O)C=C)c1ccccc1C. The van der Waals surface area contributed by atoms with Crippen molar-refractivity contribution in [2.45, 2.75) is 84.0 Å². The summed E-state index contributed by atoms with van der Waals surface area (Å²) in [5, 5.41) is 0.637. The molecule has 0 atom stereocenters. The Bertz CT molecular complexity index is 808. The second-order valence-electron chi connectivity index (χ2n) is 8.94. The summed E-state index contributed by atoms with van der Waals surface area (Å²) in [6.07, 6.45) is 13.8. The van der Waals surface area contributed by atoms with Gasteiger partial charge in [0.25, 0.3) is 0 Å². The first-order chi connectivity index (χ1) is 17.9. The van der Waals surface area contributed by atoms with Gasteiger partial charge in [-0.2, -0.15) is 0 Å². The molecule has 0 heterocycles. The van der Waals surface area contributed by atoms with Gasteiger partial charge in [-0.25, -0.2) is 9.59 Å². The molecular formula is C29H45O7P. The molecule has 0 aliphatic heterocycles. The number of benzene rings is 1. The number of aryl methyl sites for hydroxylation is 1. The molecule has 0 spiro atoms. The Balaban J connectivity index is 2.28. The minimum atomic E-state index is -3.39. The summed E-state index contributed by atoms with van der Waals surface area (Å²) in [7, 11) is -3.39. The van der Waals surface area contributed by atoms with E-state index in [1.807, 2.05) is 31.2 Å². The molecule has 0 fully saturated rings. The molecule has 0 radical (unpaired) electrons. The molecule has 0 aromatic heterocycles. The van der Waals surface area contributed by atoms with Gasteiger partial charge < -0.3 is 18.5 Å². The van der Waals surface area contributed by atoms with Crippen LogP contribution >= 0.6 is 7.60 Å². The largest absolute Gasteiger partial charge is 0.463 e. The maximum atomic E-state index is 13.7. The second kappa shape index (κ2) is 20.8. The minimum Gasteiger partial charge on any atom is -0.463 e. The molecule has 7 nitrogen and oxygen atoms in total. The van der Waals surface area contributed by atoms with Crippen LogP contribution in [0, 0.1) is 6.92 Å². The van der Waals surface area contributed by atoms with Crippen molar-refractivity contribution in [1.82, 2.24) is 0 Å². The number of carbonyl (C=O) groups is 2. The fourth-order valence-electron chi connectivity index (χ4n) is 3.70. The number of hydrogen-bond acceptors (Lipinski definition) is 7. The Kier molecular flexibility index (Phi) is 18.5. The smallest absolute Gasteiger partial charge is 0.361 e. The Morgan fingerprint density at radius 3 is 1.46 bits per heavy atom. The van der Waals surface area contributed by atoms with E-state index in [2.05, 4.69) is 13.2 Å². The van der Waals surface area contributed by atoms with Crippen LogP contribution in [0.1, 0.15) is 82.6 Å². The molecule has 37 heavy (non-hydrogen) atoms. The lowest BCUT2D eigenvalue weighted by Gasteiger charge is -2.20.